The number of rotatable bonds is 6. The van der Waals surface area contributed by atoms with Gasteiger partial charge in [0.05, 0.1) is 6.61 Å². The highest BCUT2D eigenvalue weighted by Gasteiger charge is 2.26. The number of carbonyl (C=O) groups excluding carboxylic acids is 1. The van der Waals surface area contributed by atoms with E-state index in [1.54, 1.807) is 24.3 Å². The third-order valence-corrected chi connectivity index (χ3v) is 4.76. The lowest BCUT2D eigenvalue weighted by Crippen LogP contribution is -2.33. The normalized spacial score (nSPS) is 16.9. The van der Waals surface area contributed by atoms with E-state index >= 15 is 0 Å². The molecule has 1 aliphatic heterocycles. The number of amides is 1. The summed E-state index contributed by atoms with van der Waals surface area (Å²) >= 11 is 6.03. The molecule has 5 heteroatoms. The number of aliphatic hydroxyl groups excluding tert-OH is 1. The summed E-state index contributed by atoms with van der Waals surface area (Å²) in [5, 5.41) is 9.78. The summed E-state index contributed by atoms with van der Waals surface area (Å²) in [6.07, 6.45) is 1.94. The zero-order chi connectivity index (χ0) is 17.6. The highest BCUT2D eigenvalue weighted by Crippen LogP contribution is 2.22. The molecule has 2 aromatic carbocycles. The summed E-state index contributed by atoms with van der Waals surface area (Å²) < 4.78 is 5.56. The van der Waals surface area contributed by atoms with Crippen LogP contribution in [0.4, 0.5) is 0 Å². The smallest absolute Gasteiger partial charge is 0.260 e. The van der Waals surface area contributed by atoms with Crippen LogP contribution in [0, 0.1) is 5.92 Å². The van der Waals surface area contributed by atoms with Crippen molar-refractivity contribution in [3.8, 4) is 5.75 Å². The van der Waals surface area contributed by atoms with Crippen molar-refractivity contribution in [2.24, 2.45) is 5.92 Å². The van der Waals surface area contributed by atoms with Gasteiger partial charge in [0.1, 0.15) is 5.75 Å². The molecule has 1 atom stereocenters. The number of benzene rings is 2. The standard InChI is InChI=1S/C20H22ClNO3/c21-18-3-1-2-16(11-18)10-17-8-9-22(12-17)20(24)14-25-19-6-4-15(13-23)5-7-19/h1-7,11,17,23H,8-10,12-14H2. The van der Waals surface area contributed by atoms with Gasteiger partial charge in [0.2, 0.25) is 0 Å². The molecule has 1 fully saturated rings. The molecular formula is C20H22ClNO3. The minimum Gasteiger partial charge on any atom is -0.484 e. The van der Waals surface area contributed by atoms with E-state index in [1.807, 2.05) is 23.1 Å². The van der Waals surface area contributed by atoms with E-state index in [2.05, 4.69) is 6.07 Å². The second kappa shape index (κ2) is 8.37. The number of likely N-dealkylation sites (tertiary alicyclic amines) is 1. The maximum absolute atomic E-state index is 12.3. The van der Waals surface area contributed by atoms with Gasteiger partial charge >= 0.3 is 0 Å². The molecule has 1 unspecified atom stereocenters. The molecule has 1 amide bonds. The molecule has 0 aliphatic carbocycles. The average molecular weight is 360 g/mol. The van der Waals surface area contributed by atoms with Crippen molar-refractivity contribution in [3.63, 3.8) is 0 Å². The molecule has 0 aromatic heterocycles. The molecule has 25 heavy (non-hydrogen) atoms. The SMILES string of the molecule is O=C(COc1ccc(CO)cc1)N1CCC(Cc2cccc(Cl)c2)C1. The molecule has 0 saturated carbocycles. The number of ether oxygens (including phenoxy) is 1. The maximum Gasteiger partial charge on any atom is 0.260 e. The molecule has 4 nitrogen and oxygen atoms in total. The maximum atomic E-state index is 12.3. The van der Waals surface area contributed by atoms with E-state index in [1.165, 1.54) is 5.56 Å². The van der Waals surface area contributed by atoms with Crippen LogP contribution in [-0.2, 0) is 17.8 Å². The third kappa shape index (κ3) is 4.97. The molecule has 1 N–H and O–H groups in total. The van der Waals surface area contributed by atoms with Crippen LogP contribution in [0.2, 0.25) is 5.02 Å². The first-order valence-electron chi connectivity index (χ1n) is 8.49. The molecule has 132 valence electrons. The van der Waals surface area contributed by atoms with Crippen LogP contribution in [0.3, 0.4) is 0 Å². The van der Waals surface area contributed by atoms with Gasteiger partial charge in [-0.2, -0.15) is 0 Å². The topological polar surface area (TPSA) is 49.8 Å². The predicted molar refractivity (Wildman–Crippen MR) is 97.7 cm³/mol. The minimum absolute atomic E-state index is 0.000995. The van der Waals surface area contributed by atoms with Gasteiger partial charge in [-0.1, -0.05) is 35.9 Å². The van der Waals surface area contributed by atoms with Crippen molar-refractivity contribution < 1.29 is 14.6 Å². The number of hydrogen-bond acceptors (Lipinski definition) is 3. The van der Waals surface area contributed by atoms with E-state index in [0.717, 1.165) is 36.5 Å². The van der Waals surface area contributed by atoms with Crippen LogP contribution in [0.5, 0.6) is 5.75 Å². The molecular weight excluding hydrogens is 338 g/mol. The van der Waals surface area contributed by atoms with Crippen molar-refractivity contribution in [2.45, 2.75) is 19.4 Å². The Labute approximate surface area is 153 Å². The summed E-state index contributed by atoms with van der Waals surface area (Å²) in [5.74, 6) is 1.12. The second-order valence-electron chi connectivity index (χ2n) is 6.42. The first kappa shape index (κ1) is 17.8. The number of hydrogen-bond donors (Lipinski definition) is 1. The largest absolute Gasteiger partial charge is 0.484 e. The second-order valence-corrected chi connectivity index (χ2v) is 6.86. The molecule has 2 aromatic rings. The Morgan fingerprint density at radius 2 is 2.00 bits per heavy atom. The minimum atomic E-state index is 0.000995. The summed E-state index contributed by atoms with van der Waals surface area (Å²) in [5.41, 5.74) is 2.04. The number of carbonyl (C=O) groups is 1. The number of aliphatic hydroxyl groups is 1. The number of halogens is 1. The van der Waals surface area contributed by atoms with Gasteiger partial charge < -0.3 is 14.7 Å². The van der Waals surface area contributed by atoms with Gasteiger partial charge in [0.15, 0.2) is 6.61 Å². The summed E-state index contributed by atoms with van der Waals surface area (Å²) in [7, 11) is 0. The lowest BCUT2D eigenvalue weighted by molar-refractivity contribution is -0.132. The van der Waals surface area contributed by atoms with Crippen LogP contribution in [-0.4, -0.2) is 35.6 Å². The van der Waals surface area contributed by atoms with Crippen molar-refractivity contribution in [1.82, 2.24) is 4.90 Å². The zero-order valence-electron chi connectivity index (χ0n) is 14.0. The van der Waals surface area contributed by atoms with E-state index < -0.39 is 0 Å². The fraction of sp³-hybridized carbons (Fsp3) is 0.350. The fourth-order valence-corrected chi connectivity index (χ4v) is 3.36. The summed E-state index contributed by atoms with van der Waals surface area (Å²) in [6.45, 7) is 1.58. The van der Waals surface area contributed by atoms with Gasteiger partial charge in [0.25, 0.3) is 5.91 Å². The van der Waals surface area contributed by atoms with Gasteiger partial charge in [-0.25, -0.2) is 0 Å². The Kier molecular flexibility index (Phi) is 5.95. The molecule has 0 bridgehead atoms. The van der Waals surface area contributed by atoms with Crippen molar-refractivity contribution >= 4 is 17.5 Å². The van der Waals surface area contributed by atoms with Crippen LogP contribution in [0.25, 0.3) is 0 Å². The molecule has 0 spiro atoms. The van der Waals surface area contributed by atoms with Crippen LogP contribution < -0.4 is 4.74 Å². The van der Waals surface area contributed by atoms with Crippen molar-refractivity contribution in [3.05, 3.63) is 64.7 Å². The van der Waals surface area contributed by atoms with Crippen molar-refractivity contribution in [1.29, 1.82) is 0 Å². The highest BCUT2D eigenvalue weighted by atomic mass is 35.5. The predicted octanol–water partition coefficient (Wildman–Crippen LogP) is 3.30. The van der Waals surface area contributed by atoms with E-state index in [9.17, 15) is 4.79 Å². The third-order valence-electron chi connectivity index (χ3n) is 4.52. The quantitative estimate of drug-likeness (QED) is 0.860. The van der Waals surface area contributed by atoms with Gasteiger partial charge in [0, 0.05) is 18.1 Å². The van der Waals surface area contributed by atoms with Gasteiger partial charge in [-0.15, -0.1) is 0 Å². The molecule has 0 radical (unpaired) electrons. The monoisotopic (exact) mass is 359 g/mol. The van der Waals surface area contributed by atoms with E-state index in [4.69, 9.17) is 21.4 Å². The van der Waals surface area contributed by atoms with Gasteiger partial charge in [-0.3, -0.25) is 4.79 Å². The highest BCUT2D eigenvalue weighted by molar-refractivity contribution is 6.30. The van der Waals surface area contributed by atoms with Crippen LogP contribution in [0.15, 0.2) is 48.5 Å². The Morgan fingerprint density at radius 1 is 1.20 bits per heavy atom. The Bertz CT molecular complexity index is 717. The number of nitrogens with zero attached hydrogens (tertiary/aromatic N) is 1. The Hall–Kier alpha value is -2.04. The van der Waals surface area contributed by atoms with E-state index in [-0.39, 0.29) is 19.1 Å². The Balaban J connectivity index is 1.47. The molecule has 3 rings (SSSR count). The fourth-order valence-electron chi connectivity index (χ4n) is 3.15. The van der Waals surface area contributed by atoms with Crippen molar-refractivity contribution in [2.75, 3.05) is 19.7 Å². The van der Waals surface area contributed by atoms with Crippen LogP contribution >= 0.6 is 11.6 Å². The van der Waals surface area contributed by atoms with Crippen LogP contribution in [0.1, 0.15) is 17.5 Å². The average Bonchev–Trinajstić information content (AvgIpc) is 3.08. The van der Waals surface area contributed by atoms with E-state index in [0.29, 0.717) is 11.7 Å². The molecule has 1 heterocycles. The summed E-state index contributed by atoms with van der Waals surface area (Å²) in [6, 6.07) is 15.0. The lowest BCUT2D eigenvalue weighted by atomic mass is 9.99. The molecule has 1 saturated heterocycles. The van der Waals surface area contributed by atoms with Gasteiger partial charge in [-0.05, 0) is 54.2 Å². The molecule has 1 aliphatic rings. The first-order valence-corrected chi connectivity index (χ1v) is 8.86. The summed E-state index contributed by atoms with van der Waals surface area (Å²) in [4.78, 5) is 14.2. The lowest BCUT2D eigenvalue weighted by Gasteiger charge is -2.17. The Morgan fingerprint density at radius 3 is 2.72 bits per heavy atom. The first-order chi connectivity index (χ1) is 12.1. The zero-order valence-corrected chi connectivity index (χ0v) is 14.8.